The summed E-state index contributed by atoms with van der Waals surface area (Å²) in [6.07, 6.45) is 1.73. The Balaban J connectivity index is 1.37. The summed E-state index contributed by atoms with van der Waals surface area (Å²) >= 11 is 6.39. The van der Waals surface area contributed by atoms with Crippen molar-refractivity contribution in [2.24, 2.45) is 0 Å². The average molecular weight is 480 g/mol. The maximum atomic E-state index is 12.8. The van der Waals surface area contributed by atoms with Gasteiger partial charge in [0, 0.05) is 41.5 Å². The smallest absolute Gasteiger partial charge is 0.301 e. The van der Waals surface area contributed by atoms with Gasteiger partial charge in [-0.1, -0.05) is 29.8 Å². The lowest BCUT2D eigenvalue weighted by molar-refractivity contribution is 0.102. The number of carbonyl (C=O) groups excluding carboxylic acids is 1. The molecule has 0 radical (unpaired) electrons. The Bertz CT molecular complexity index is 1480. The van der Waals surface area contributed by atoms with Gasteiger partial charge in [0.1, 0.15) is 0 Å². The van der Waals surface area contributed by atoms with E-state index < -0.39 is 10.2 Å². The van der Waals surface area contributed by atoms with E-state index in [1.807, 2.05) is 24.3 Å². The van der Waals surface area contributed by atoms with E-state index in [2.05, 4.69) is 20.0 Å². The number of halogens is 1. The molecule has 3 aromatic carbocycles. The summed E-state index contributed by atoms with van der Waals surface area (Å²) in [6.45, 7) is 0.697. The minimum Gasteiger partial charge on any atom is -0.322 e. The first-order valence-electron chi connectivity index (χ1n) is 10.1. The molecular weight excluding hydrogens is 462 g/mol. The van der Waals surface area contributed by atoms with E-state index in [9.17, 15) is 13.2 Å². The van der Waals surface area contributed by atoms with Crippen molar-refractivity contribution < 1.29 is 13.2 Å². The Morgan fingerprint density at radius 1 is 1.06 bits per heavy atom. The van der Waals surface area contributed by atoms with Crippen LogP contribution in [0.25, 0.3) is 22.3 Å². The van der Waals surface area contributed by atoms with E-state index in [0.29, 0.717) is 46.4 Å². The van der Waals surface area contributed by atoms with Crippen molar-refractivity contribution in [2.45, 2.75) is 0 Å². The minimum atomic E-state index is -3.51. The molecule has 0 aliphatic carbocycles. The van der Waals surface area contributed by atoms with Gasteiger partial charge in [-0.2, -0.15) is 13.1 Å². The zero-order valence-electron chi connectivity index (χ0n) is 17.2. The van der Waals surface area contributed by atoms with Crippen molar-refractivity contribution in [1.82, 2.24) is 14.7 Å². The van der Waals surface area contributed by atoms with Crippen LogP contribution in [0.1, 0.15) is 10.4 Å². The normalized spacial score (nSPS) is 15.0. The number of rotatable bonds is 4. The Morgan fingerprint density at radius 2 is 1.85 bits per heavy atom. The van der Waals surface area contributed by atoms with Gasteiger partial charge >= 0.3 is 10.2 Å². The van der Waals surface area contributed by atoms with Gasteiger partial charge in [-0.25, -0.2) is 9.97 Å². The zero-order chi connectivity index (χ0) is 23.0. The summed E-state index contributed by atoms with van der Waals surface area (Å²) in [4.78, 5) is 21.7. The second-order valence-electron chi connectivity index (χ2n) is 7.42. The molecule has 1 aliphatic rings. The highest BCUT2D eigenvalue weighted by atomic mass is 35.5. The predicted molar refractivity (Wildman–Crippen MR) is 129 cm³/mol. The van der Waals surface area contributed by atoms with E-state index in [1.54, 1.807) is 48.7 Å². The summed E-state index contributed by atoms with van der Waals surface area (Å²) < 4.78 is 27.7. The number of fused-ring (bicyclic) bond motifs is 1. The molecule has 1 saturated heterocycles. The molecule has 2 N–H and O–H groups in total. The highest BCUT2D eigenvalue weighted by Crippen LogP contribution is 2.29. The van der Waals surface area contributed by atoms with Gasteiger partial charge < -0.3 is 5.32 Å². The van der Waals surface area contributed by atoms with E-state index in [0.717, 1.165) is 10.9 Å². The maximum Gasteiger partial charge on any atom is 0.301 e. The number of amides is 1. The van der Waals surface area contributed by atoms with Gasteiger partial charge in [-0.3, -0.25) is 9.10 Å². The number of carbonyl (C=O) groups is 1. The highest BCUT2D eigenvalue weighted by molar-refractivity contribution is 7.91. The monoisotopic (exact) mass is 479 g/mol. The fraction of sp³-hybridized carbons (Fsp3) is 0.0870. The molecule has 1 aromatic heterocycles. The van der Waals surface area contributed by atoms with Crippen molar-refractivity contribution >= 4 is 50.0 Å². The molecule has 0 spiro atoms. The van der Waals surface area contributed by atoms with Crippen LogP contribution >= 0.6 is 11.6 Å². The van der Waals surface area contributed by atoms with Crippen molar-refractivity contribution in [1.29, 1.82) is 0 Å². The van der Waals surface area contributed by atoms with Crippen LogP contribution < -0.4 is 14.3 Å². The molecule has 1 amide bonds. The number of hydrogen-bond donors (Lipinski definition) is 2. The standard InChI is InChI=1S/C23H18ClN5O3S/c24-20-10-7-17(13-19(20)22-25-14-16-3-1-2-4-21(16)28-22)27-23(30)15-5-8-18(9-6-15)29-12-11-26-33(29,31)32/h1-10,13-14,26H,11-12H2,(H,27,30). The second kappa shape index (κ2) is 8.43. The summed E-state index contributed by atoms with van der Waals surface area (Å²) in [5.74, 6) is 0.122. The van der Waals surface area contributed by atoms with Crippen molar-refractivity contribution in [3.63, 3.8) is 0 Å². The third-order valence-electron chi connectivity index (χ3n) is 5.26. The highest BCUT2D eigenvalue weighted by Gasteiger charge is 2.27. The molecule has 0 unspecified atom stereocenters. The van der Waals surface area contributed by atoms with Crippen LogP contribution in [0.4, 0.5) is 11.4 Å². The SMILES string of the molecule is O=C(Nc1ccc(Cl)c(-c2ncc3ccccc3n2)c1)c1ccc(N2CCNS2(=O)=O)cc1. The van der Waals surface area contributed by atoms with E-state index in [4.69, 9.17) is 11.6 Å². The lowest BCUT2D eigenvalue weighted by Gasteiger charge is -2.16. The van der Waals surface area contributed by atoms with Gasteiger partial charge in [-0.15, -0.1) is 0 Å². The molecule has 0 atom stereocenters. The first-order chi connectivity index (χ1) is 15.9. The molecule has 8 nitrogen and oxygen atoms in total. The quantitative estimate of drug-likeness (QED) is 0.462. The number of nitrogens with one attached hydrogen (secondary N) is 2. The van der Waals surface area contributed by atoms with E-state index in [-0.39, 0.29) is 5.91 Å². The van der Waals surface area contributed by atoms with Crippen LogP contribution in [0.15, 0.2) is 72.9 Å². The molecule has 1 fully saturated rings. The second-order valence-corrected chi connectivity index (χ2v) is 9.51. The number of hydrogen-bond acceptors (Lipinski definition) is 5. The van der Waals surface area contributed by atoms with Crippen LogP contribution in [-0.2, 0) is 10.2 Å². The van der Waals surface area contributed by atoms with E-state index in [1.165, 1.54) is 4.31 Å². The van der Waals surface area contributed by atoms with Gasteiger partial charge in [0.15, 0.2) is 5.82 Å². The van der Waals surface area contributed by atoms with Crippen LogP contribution in [0, 0.1) is 0 Å². The molecule has 4 aromatic rings. The first-order valence-corrected chi connectivity index (χ1v) is 11.9. The Kier molecular flexibility index (Phi) is 5.45. The molecule has 10 heteroatoms. The fourth-order valence-corrected chi connectivity index (χ4v) is 5.04. The number of para-hydroxylation sites is 1. The fourth-order valence-electron chi connectivity index (χ4n) is 3.60. The Morgan fingerprint density at radius 3 is 2.61 bits per heavy atom. The van der Waals surface area contributed by atoms with Crippen molar-refractivity contribution in [3.8, 4) is 11.4 Å². The lowest BCUT2D eigenvalue weighted by atomic mass is 10.1. The molecule has 2 heterocycles. The summed E-state index contributed by atoms with van der Waals surface area (Å²) in [6, 6.07) is 19.1. The molecule has 166 valence electrons. The molecule has 0 bridgehead atoms. The molecular formula is C23H18ClN5O3S. The number of benzene rings is 3. The first kappa shape index (κ1) is 21.3. The van der Waals surface area contributed by atoms with Crippen molar-refractivity contribution in [2.75, 3.05) is 22.7 Å². The maximum absolute atomic E-state index is 12.8. The zero-order valence-corrected chi connectivity index (χ0v) is 18.8. The van der Waals surface area contributed by atoms with Gasteiger partial charge in [-0.05, 0) is 48.5 Å². The Hall–Kier alpha value is -3.53. The Labute approximate surface area is 195 Å². The number of aromatic nitrogens is 2. The predicted octanol–water partition coefficient (Wildman–Crippen LogP) is 3.86. The van der Waals surface area contributed by atoms with Crippen molar-refractivity contribution in [3.05, 3.63) is 83.5 Å². The molecule has 33 heavy (non-hydrogen) atoms. The number of nitrogens with zero attached hydrogens (tertiary/aromatic N) is 3. The minimum absolute atomic E-state index is 0.336. The van der Waals surface area contributed by atoms with Crippen LogP contribution in [0.5, 0.6) is 0 Å². The van der Waals surface area contributed by atoms with E-state index >= 15 is 0 Å². The van der Waals surface area contributed by atoms with Crippen LogP contribution in [0.2, 0.25) is 5.02 Å². The average Bonchev–Trinajstić information content (AvgIpc) is 3.19. The van der Waals surface area contributed by atoms with Gasteiger partial charge in [0.25, 0.3) is 5.91 Å². The van der Waals surface area contributed by atoms with Gasteiger partial charge in [0.05, 0.1) is 16.2 Å². The third-order valence-corrected chi connectivity index (χ3v) is 7.13. The topological polar surface area (TPSA) is 104 Å². The largest absolute Gasteiger partial charge is 0.322 e. The summed E-state index contributed by atoms with van der Waals surface area (Å²) in [7, 11) is -3.51. The molecule has 5 rings (SSSR count). The molecule has 0 saturated carbocycles. The summed E-state index contributed by atoms with van der Waals surface area (Å²) in [5.41, 5.74) is 2.82. The van der Waals surface area contributed by atoms with Crippen LogP contribution in [-0.4, -0.2) is 37.4 Å². The van der Waals surface area contributed by atoms with Gasteiger partial charge in [0.2, 0.25) is 0 Å². The lowest BCUT2D eigenvalue weighted by Crippen LogP contribution is -2.29. The third kappa shape index (κ3) is 4.25. The summed E-state index contributed by atoms with van der Waals surface area (Å²) in [5, 5.41) is 4.23. The number of anilines is 2. The van der Waals surface area contributed by atoms with Crippen LogP contribution in [0.3, 0.4) is 0 Å². The molecule has 1 aliphatic heterocycles.